The third kappa shape index (κ3) is 4.48. The highest BCUT2D eigenvalue weighted by Crippen LogP contribution is 2.18. The first-order valence-corrected chi connectivity index (χ1v) is 7.45. The van der Waals surface area contributed by atoms with Crippen LogP contribution in [0.3, 0.4) is 0 Å². The van der Waals surface area contributed by atoms with Crippen molar-refractivity contribution in [1.82, 2.24) is 5.32 Å². The number of para-hydroxylation sites is 1. The van der Waals surface area contributed by atoms with Gasteiger partial charge in [-0.3, -0.25) is 0 Å². The molecule has 114 valence electrons. The summed E-state index contributed by atoms with van der Waals surface area (Å²) in [5.74, 6) is -0.458. The van der Waals surface area contributed by atoms with E-state index in [1.807, 2.05) is 0 Å². The molecule has 0 heterocycles. The lowest BCUT2D eigenvalue weighted by atomic mass is 10.1. The maximum Gasteiger partial charge on any atom is 0.339 e. The number of amides is 2. The predicted molar refractivity (Wildman–Crippen MR) is 81.4 cm³/mol. The number of nitrogens with one attached hydrogen (secondary N) is 2. The lowest BCUT2D eigenvalue weighted by molar-refractivity contribution is 0.0602. The van der Waals surface area contributed by atoms with Gasteiger partial charge in [0.25, 0.3) is 0 Å². The third-order valence-electron chi connectivity index (χ3n) is 3.77. The molecule has 0 bridgehead atoms. The van der Waals surface area contributed by atoms with Gasteiger partial charge in [0.15, 0.2) is 0 Å². The lowest BCUT2D eigenvalue weighted by Crippen LogP contribution is -2.37. The molecule has 2 amide bonds. The number of hydrogen-bond acceptors (Lipinski definition) is 3. The zero-order valence-electron chi connectivity index (χ0n) is 12.4. The van der Waals surface area contributed by atoms with Crippen LogP contribution in [0.4, 0.5) is 10.5 Å². The third-order valence-corrected chi connectivity index (χ3v) is 3.77. The van der Waals surface area contributed by atoms with Gasteiger partial charge in [0.1, 0.15) is 0 Å². The van der Waals surface area contributed by atoms with Crippen LogP contribution in [0, 0.1) is 0 Å². The first-order valence-electron chi connectivity index (χ1n) is 7.45. The van der Waals surface area contributed by atoms with Crippen molar-refractivity contribution in [2.45, 2.75) is 44.6 Å². The average molecular weight is 290 g/mol. The number of ether oxygens (including phenoxy) is 1. The maximum absolute atomic E-state index is 12.1. The Bertz CT molecular complexity index is 494. The van der Waals surface area contributed by atoms with Crippen molar-refractivity contribution in [3.63, 3.8) is 0 Å². The van der Waals surface area contributed by atoms with Crippen LogP contribution in [-0.2, 0) is 4.74 Å². The second-order valence-corrected chi connectivity index (χ2v) is 5.32. The molecule has 0 radical (unpaired) electrons. The molecule has 0 spiro atoms. The predicted octanol–water partition coefficient (Wildman–Crippen LogP) is 3.32. The van der Waals surface area contributed by atoms with Crippen LogP contribution < -0.4 is 10.6 Å². The molecule has 0 unspecified atom stereocenters. The van der Waals surface area contributed by atoms with E-state index in [1.165, 1.54) is 20.0 Å². The van der Waals surface area contributed by atoms with Gasteiger partial charge >= 0.3 is 12.0 Å². The van der Waals surface area contributed by atoms with Gasteiger partial charge < -0.3 is 15.4 Å². The second-order valence-electron chi connectivity index (χ2n) is 5.32. The normalized spacial score (nSPS) is 15.9. The van der Waals surface area contributed by atoms with E-state index in [-0.39, 0.29) is 12.1 Å². The Hall–Kier alpha value is -2.04. The number of rotatable bonds is 3. The van der Waals surface area contributed by atoms with Crippen molar-refractivity contribution >= 4 is 17.7 Å². The van der Waals surface area contributed by atoms with Crippen LogP contribution in [0.2, 0.25) is 0 Å². The van der Waals surface area contributed by atoms with E-state index in [0.29, 0.717) is 11.3 Å². The van der Waals surface area contributed by atoms with E-state index in [0.717, 1.165) is 25.7 Å². The number of methoxy groups -OCH3 is 1. The minimum Gasteiger partial charge on any atom is -0.465 e. The monoisotopic (exact) mass is 290 g/mol. The molecular weight excluding hydrogens is 268 g/mol. The summed E-state index contributed by atoms with van der Waals surface area (Å²) in [4.78, 5) is 23.7. The highest BCUT2D eigenvalue weighted by molar-refractivity contribution is 6.00. The van der Waals surface area contributed by atoms with Crippen LogP contribution >= 0.6 is 0 Å². The molecule has 0 atom stereocenters. The molecule has 21 heavy (non-hydrogen) atoms. The molecule has 1 aromatic carbocycles. The Morgan fingerprint density at radius 1 is 1.10 bits per heavy atom. The summed E-state index contributed by atoms with van der Waals surface area (Å²) in [7, 11) is 1.32. The van der Waals surface area contributed by atoms with Crippen molar-refractivity contribution in [2.24, 2.45) is 0 Å². The highest BCUT2D eigenvalue weighted by Gasteiger charge is 2.17. The number of carbonyl (C=O) groups excluding carboxylic acids is 2. The fourth-order valence-electron chi connectivity index (χ4n) is 2.65. The van der Waals surface area contributed by atoms with Crippen molar-refractivity contribution in [3.05, 3.63) is 29.8 Å². The second kappa shape index (κ2) is 7.67. The number of urea groups is 1. The Morgan fingerprint density at radius 2 is 1.76 bits per heavy atom. The summed E-state index contributed by atoms with van der Waals surface area (Å²) in [5, 5.41) is 5.73. The quantitative estimate of drug-likeness (QED) is 0.663. The van der Waals surface area contributed by atoms with E-state index in [9.17, 15) is 9.59 Å². The molecule has 0 aromatic heterocycles. The Balaban J connectivity index is 1.97. The standard InChI is InChI=1S/C16H22N2O3/c1-21-15(19)13-10-6-7-11-14(13)18-16(20)17-12-8-4-2-3-5-9-12/h6-7,10-12H,2-5,8-9H2,1H3,(H2,17,18,20). The van der Waals surface area contributed by atoms with E-state index >= 15 is 0 Å². The summed E-state index contributed by atoms with van der Waals surface area (Å²) in [6.07, 6.45) is 6.83. The van der Waals surface area contributed by atoms with E-state index in [4.69, 9.17) is 4.74 Å². The van der Waals surface area contributed by atoms with E-state index < -0.39 is 5.97 Å². The van der Waals surface area contributed by atoms with Gasteiger partial charge in [-0.05, 0) is 25.0 Å². The summed E-state index contributed by atoms with van der Waals surface area (Å²) in [5.41, 5.74) is 0.825. The number of carbonyl (C=O) groups is 2. The largest absolute Gasteiger partial charge is 0.465 e. The minimum atomic E-state index is -0.458. The number of esters is 1. The summed E-state index contributed by atoms with van der Waals surface area (Å²) < 4.78 is 4.71. The van der Waals surface area contributed by atoms with Crippen molar-refractivity contribution < 1.29 is 14.3 Å². The van der Waals surface area contributed by atoms with Crippen molar-refractivity contribution in [3.8, 4) is 0 Å². The smallest absolute Gasteiger partial charge is 0.339 e. The molecule has 1 saturated carbocycles. The van der Waals surface area contributed by atoms with Crippen molar-refractivity contribution in [2.75, 3.05) is 12.4 Å². The van der Waals surface area contributed by atoms with Crippen molar-refractivity contribution in [1.29, 1.82) is 0 Å². The molecule has 2 N–H and O–H groups in total. The molecular formula is C16H22N2O3. The molecule has 1 aromatic rings. The lowest BCUT2D eigenvalue weighted by Gasteiger charge is -2.17. The van der Waals surface area contributed by atoms with Gasteiger partial charge in [-0.15, -0.1) is 0 Å². The maximum atomic E-state index is 12.1. The van der Waals surface area contributed by atoms with Gasteiger partial charge in [-0.1, -0.05) is 37.8 Å². The fourth-order valence-corrected chi connectivity index (χ4v) is 2.65. The number of anilines is 1. The molecule has 2 rings (SSSR count). The highest BCUT2D eigenvalue weighted by atomic mass is 16.5. The SMILES string of the molecule is COC(=O)c1ccccc1NC(=O)NC1CCCCCC1. The Morgan fingerprint density at radius 3 is 2.43 bits per heavy atom. The van der Waals surface area contributed by atoms with Crippen LogP contribution in [0.25, 0.3) is 0 Å². The summed E-state index contributed by atoms with van der Waals surface area (Å²) in [6.45, 7) is 0. The molecule has 1 aliphatic rings. The molecule has 5 heteroatoms. The molecule has 1 fully saturated rings. The average Bonchev–Trinajstić information content (AvgIpc) is 2.75. The number of hydrogen-bond donors (Lipinski definition) is 2. The van der Waals surface area contributed by atoms with Crippen LogP contribution in [0.1, 0.15) is 48.9 Å². The minimum absolute atomic E-state index is 0.220. The van der Waals surface area contributed by atoms with E-state index in [2.05, 4.69) is 10.6 Å². The van der Waals surface area contributed by atoms with Gasteiger partial charge in [0, 0.05) is 6.04 Å². The van der Waals surface area contributed by atoms with Gasteiger partial charge in [0.2, 0.25) is 0 Å². The first-order chi connectivity index (χ1) is 10.2. The Labute approximate surface area is 125 Å². The van der Waals surface area contributed by atoms with Crippen LogP contribution in [0.5, 0.6) is 0 Å². The molecule has 0 aliphatic heterocycles. The molecule has 0 saturated heterocycles. The van der Waals surface area contributed by atoms with Crippen LogP contribution in [0.15, 0.2) is 24.3 Å². The molecule has 5 nitrogen and oxygen atoms in total. The van der Waals surface area contributed by atoms with E-state index in [1.54, 1.807) is 24.3 Å². The zero-order chi connectivity index (χ0) is 15.1. The summed E-state index contributed by atoms with van der Waals surface area (Å²) >= 11 is 0. The fraction of sp³-hybridized carbons (Fsp3) is 0.500. The van der Waals surface area contributed by atoms with Gasteiger partial charge in [-0.25, -0.2) is 9.59 Å². The number of benzene rings is 1. The topological polar surface area (TPSA) is 67.4 Å². The van der Waals surface area contributed by atoms with Gasteiger partial charge in [-0.2, -0.15) is 0 Å². The van der Waals surface area contributed by atoms with Gasteiger partial charge in [0.05, 0.1) is 18.4 Å². The van der Waals surface area contributed by atoms with Crippen LogP contribution in [-0.4, -0.2) is 25.2 Å². The Kier molecular flexibility index (Phi) is 5.60. The molecule has 1 aliphatic carbocycles. The zero-order valence-corrected chi connectivity index (χ0v) is 12.4. The first kappa shape index (κ1) is 15.4. The summed E-state index contributed by atoms with van der Waals surface area (Å²) in [6, 6.07) is 6.79.